The molecule has 8 heteroatoms. The number of unbranched alkanes of at least 4 members (excludes halogenated alkanes) is 18. The minimum Gasteiger partial charge on any atom is -0.466 e. The maximum atomic E-state index is 12.8. The molecule has 0 aromatic carbocycles. The fourth-order valence-electron chi connectivity index (χ4n) is 7.94. The van der Waals surface area contributed by atoms with Gasteiger partial charge in [-0.1, -0.05) is 169 Å². The maximum absolute atomic E-state index is 12.8. The standard InChI is InChI=1S/C50H100N2O5S/c1-6-11-15-19-21-26-32-47(31-24-17-13-8-3)45-57-49(54)35-28-23-29-37-52(40-39-51(10-5)41-42-53)38-36-50(55)56-43-30-44-58-46-48(33-25-18-14-9-4)34-27-22-20-16-12-7-2/h47-48,53H,6-46H2,1-5H3. The van der Waals surface area contributed by atoms with E-state index >= 15 is 0 Å². The third-order valence-electron chi connectivity index (χ3n) is 12.0. The monoisotopic (exact) mass is 841 g/mol. The molecule has 0 fully saturated rings. The molecule has 0 saturated carbocycles. The molecule has 0 radical (unpaired) electrons. The second-order valence-electron chi connectivity index (χ2n) is 17.4. The highest BCUT2D eigenvalue weighted by Crippen LogP contribution is 2.24. The topological polar surface area (TPSA) is 79.3 Å². The van der Waals surface area contributed by atoms with Gasteiger partial charge in [0.15, 0.2) is 0 Å². The second-order valence-corrected chi connectivity index (χ2v) is 18.6. The summed E-state index contributed by atoms with van der Waals surface area (Å²) in [6.07, 6.45) is 36.3. The number of carbonyl (C=O) groups is 2. The Labute approximate surface area is 366 Å². The summed E-state index contributed by atoms with van der Waals surface area (Å²) in [6, 6.07) is 0. The summed E-state index contributed by atoms with van der Waals surface area (Å²) < 4.78 is 11.5. The van der Waals surface area contributed by atoms with E-state index in [0.717, 1.165) is 63.5 Å². The van der Waals surface area contributed by atoms with Crippen molar-refractivity contribution in [3.05, 3.63) is 0 Å². The lowest BCUT2D eigenvalue weighted by Gasteiger charge is -2.26. The smallest absolute Gasteiger partial charge is 0.307 e. The van der Waals surface area contributed by atoms with Gasteiger partial charge in [-0.05, 0) is 81.4 Å². The zero-order valence-corrected chi connectivity index (χ0v) is 40.3. The van der Waals surface area contributed by atoms with Gasteiger partial charge in [-0.25, -0.2) is 0 Å². The highest BCUT2D eigenvalue weighted by Gasteiger charge is 2.15. The Balaban J connectivity index is 4.60. The first-order chi connectivity index (χ1) is 28.4. The zero-order valence-electron chi connectivity index (χ0n) is 39.5. The molecule has 1 N–H and O–H groups in total. The summed E-state index contributed by atoms with van der Waals surface area (Å²) >= 11 is 2.06. The van der Waals surface area contributed by atoms with Crippen LogP contribution in [0, 0.1) is 11.8 Å². The van der Waals surface area contributed by atoms with Crippen molar-refractivity contribution >= 4 is 23.7 Å². The van der Waals surface area contributed by atoms with Gasteiger partial charge in [-0.15, -0.1) is 0 Å². The Hall–Kier alpha value is -0.830. The van der Waals surface area contributed by atoms with Gasteiger partial charge >= 0.3 is 11.9 Å². The highest BCUT2D eigenvalue weighted by molar-refractivity contribution is 7.99. The van der Waals surface area contributed by atoms with Crippen molar-refractivity contribution in [3.63, 3.8) is 0 Å². The molecule has 0 amide bonds. The van der Waals surface area contributed by atoms with Gasteiger partial charge in [0.25, 0.3) is 0 Å². The molecule has 7 nitrogen and oxygen atoms in total. The van der Waals surface area contributed by atoms with Crippen molar-refractivity contribution in [2.75, 3.05) is 70.6 Å². The number of hydrogen-bond acceptors (Lipinski definition) is 8. The summed E-state index contributed by atoms with van der Waals surface area (Å²) in [6.45, 7) is 17.4. The molecule has 0 aromatic rings. The van der Waals surface area contributed by atoms with Crippen molar-refractivity contribution in [1.29, 1.82) is 0 Å². The van der Waals surface area contributed by atoms with E-state index in [0.29, 0.717) is 45.1 Å². The molecule has 0 rings (SSSR count). The molecule has 0 aromatic heterocycles. The largest absolute Gasteiger partial charge is 0.466 e. The summed E-state index contributed by atoms with van der Waals surface area (Å²) in [5.41, 5.74) is 0. The summed E-state index contributed by atoms with van der Waals surface area (Å²) in [7, 11) is 0. The van der Waals surface area contributed by atoms with Crippen LogP contribution in [0.25, 0.3) is 0 Å². The van der Waals surface area contributed by atoms with Crippen molar-refractivity contribution in [2.45, 2.75) is 227 Å². The number of likely N-dealkylation sites (N-methyl/N-ethyl adjacent to an activating group) is 1. The molecule has 0 saturated heterocycles. The van der Waals surface area contributed by atoms with Crippen LogP contribution in [-0.2, 0) is 19.1 Å². The molecular weight excluding hydrogens is 741 g/mol. The van der Waals surface area contributed by atoms with Gasteiger partial charge in [0.1, 0.15) is 0 Å². The van der Waals surface area contributed by atoms with Crippen LogP contribution in [0.1, 0.15) is 227 Å². The lowest BCUT2D eigenvalue weighted by atomic mass is 9.95. The van der Waals surface area contributed by atoms with Gasteiger partial charge in [0.2, 0.25) is 0 Å². The lowest BCUT2D eigenvalue weighted by molar-refractivity contribution is -0.145. The number of hydrogen-bond donors (Lipinski definition) is 1. The van der Waals surface area contributed by atoms with E-state index in [1.807, 2.05) is 0 Å². The van der Waals surface area contributed by atoms with Gasteiger partial charge in [0, 0.05) is 32.6 Å². The summed E-state index contributed by atoms with van der Waals surface area (Å²) in [5.74, 6) is 3.50. The molecule has 58 heavy (non-hydrogen) atoms. The van der Waals surface area contributed by atoms with E-state index in [1.165, 1.54) is 160 Å². The Morgan fingerprint density at radius 1 is 0.483 bits per heavy atom. The van der Waals surface area contributed by atoms with Crippen LogP contribution in [0.15, 0.2) is 0 Å². The van der Waals surface area contributed by atoms with Crippen LogP contribution < -0.4 is 0 Å². The SMILES string of the molecule is CCCCCCCCC(CCCCCC)COC(=O)CCCCCN(CCC(=O)OCCCSCC(CCCCCC)CCCCCCCC)CCN(CC)CCO. The minimum absolute atomic E-state index is 0.0440. The zero-order chi connectivity index (χ0) is 42.6. The number of esters is 2. The predicted molar refractivity (Wildman–Crippen MR) is 253 cm³/mol. The number of aliphatic hydroxyl groups excluding tert-OH is 1. The fraction of sp³-hybridized carbons (Fsp3) is 0.960. The second kappa shape index (κ2) is 45.7. The molecule has 0 aliphatic carbocycles. The van der Waals surface area contributed by atoms with E-state index in [4.69, 9.17) is 9.47 Å². The number of aliphatic hydroxyl groups is 1. The Kier molecular flexibility index (Phi) is 45.0. The number of rotatable bonds is 47. The van der Waals surface area contributed by atoms with Crippen molar-refractivity contribution < 1.29 is 24.2 Å². The first kappa shape index (κ1) is 57.2. The Morgan fingerprint density at radius 3 is 1.52 bits per heavy atom. The van der Waals surface area contributed by atoms with Gasteiger partial charge in [0.05, 0.1) is 26.2 Å². The molecule has 0 aliphatic heterocycles. The van der Waals surface area contributed by atoms with Crippen LogP contribution in [0.4, 0.5) is 0 Å². The first-order valence-corrected chi connectivity index (χ1v) is 26.5. The molecule has 0 heterocycles. The third-order valence-corrected chi connectivity index (χ3v) is 13.3. The first-order valence-electron chi connectivity index (χ1n) is 25.4. The van der Waals surface area contributed by atoms with Gasteiger partial charge in [-0.2, -0.15) is 11.8 Å². The van der Waals surface area contributed by atoms with Crippen molar-refractivity contribution in [3.8, 4) is 0 Å². The molecular formula is C50H100N2O5S. The third kappa shape index (κ3) is 39.3. The highest BCUT2D eigenvalue weighted by atomic mass is 32.2. The summed E-state index contributed by atoms with van der Waals surface area (Å²) in [5, 5.41) is 9.48. The quantitative estimate of drug-likeness (QED) is 0.0479. The number of thioether (sulfide) groups is 1. The van der Waals surface area contributed by atoms with Crippen molar-refractivity contribution in [1.82, 2.24) is 9.80 Å². The fourth-order valence-corrected chi connectivity index (χ4v) is 9.09. The van der Waals surface area contributed by atoms with E-state index in [-0.39, 0.29) is 18.5 Å². The maximum Gasteiger partial charge on any atom is 0.307 e. The van der Waals surface area contributed by atoms with Gasteiger partial charge in [-0.3, -0.25) is 9.59 Å². The molecule has 2 unspecified atom stereocenters. The number of nitrogens with zero attached hydrogens (tertiary/aromatic N) is 2. The van der Waals surface area contributed by atoms with Crippen molar-refractivity contribution in [2.24, 2.45) is 11.8 Å². The number of ether oxygens (including phenoxy) is 2. The van der Waals surface area contributed by atoms with Crippen LogP contribution in [-0.4, -0.2) is 97.4 Å². The normalized spacial score (nSPS) is 12.8. The minimum atomic E-state index is -0.0996. The average molecular weight is 841 g/mol. The van der Waals surface area contributed by atoms with Crippen LogP contribution in [0.2, 0.25) is 0 Å². The Morgan fingerprint density at radius 2 is 0.966 bits per heavy atom. The van der Waals surface area contributed by atoms with E-state index in [1.54, 1.807) is 0 Å². The molecule has 0 aliphatic rings. The number of carbonyl (C=O) groups excluding carboxylic acids is 2. The molecule has 0 bridgehead atoms. The van der Waals surface area contributed by atoms with Gasteiger partial charge < -0.3 is 24.4 Å². The predicted octanol–water partition coefficient (Wildman–Crippen LogP) is 13.4. The van der Waals surface area contributed by atoms with E-state index in [9.17, 15) is 14.7 Å². The molecule has 346 valence electrons. The lowest BCUT2D eigenvalue weighted by Crippen LogP contribution is -2.38. The molecule has 2 atom stereocenters. The summed E-state index contributed by atoms with van der Waals surface area (Å²) in [4.78, 5) is 30.1. The van der Waals surface area contributed by atoms with Crippen LogP contribution in [0.3, 0.4) is 0 Å². The Bertz CT molecular complexity index is 864. The average Bonchev–Trinajstić information content (AvgIpc) is 3.23. The van der Waals surface area contributed by atoms with E-state index < -0.39 is 0 Å². The molecule has 0 spiro atoms. The van der Waals surface area contributed by atoms with E-state index in [2.05, 4.69) is 56.2 Å². The van der Waals surface area contributed by atoms with Crippen LogP contribution >= 0.6 is 11.8 Å². The van der Waals surface area contributed by atoms with Crippen LogP contribution in [0.5, 0.6) is 0 Å².